The van der Waals surface area contributed by atoms with Crippen molar-refractivity contribution in [1.82, 2.24) is 15.5 Å². The van der Waals surface area contributed by atoms with Crippen LogP contribution in [0.5, 0.6) is 0 Å². The number of hydrogen-bond donors (Lipinski definition) is 2. The molecule has 0 radical (unpaired) electrons. The van der Waals surface area contributed by atoms with Gasteiger partial charge in [0.2, 0.25) is 0 Å². The molecule has 5 heteroatoms. The van der Waals surface area contributed by atoms with Gasteiger partial charge in [0.1, 0.15) is 0 Å². The fourth-order valence-corrected chi connectivity index (χ4v) is 2.83. The molecule has 0 aliphatic heterocycles. The highest BCUT2D eigenvalue weighted by atomic mass is 32.2. The Morgan fingerprint density at radius 2 is 1.83 bits per heavy atom. The molecule has 0 atom stereocenters. The molecule has 0 fully saturated rings. The molecule has 4 nitrogen and oxygen atoms in total. The Bertz CT molecular complexity index is 426. The molecule has 0 saturated heterocycles. The number of carbonyl (C=O) groups excluding carboxylic acids is 1. The van der Waals surface area contributed by atoms with Crippen molar-refractivity contribution >= 4 is 17.8 Å². The van der Waals surface area contributed by atoms with Crippen LogP contribution in [0.15, 0.2) is 30.3 Å². The maximum absolute atomic E-state index is 11.6. The Morgan fingerprint density at radius 3 is 2.52 bits per heavy atom. The molecule has 1 aromatic carbocycles. The van der Waals surface area contributed by atoms with Crippen LogP contribution in [0, 0.1) is 0 Å². The molecule has 0 saturated carbocycles. The number of urea groups is 1. The Labute approximate surface area is 145 Å². The highest BCUT2D eigenvalue weighted by Gasteiger charge is 2.03. The van der Waals surface area contributed by atoms with E-state index in [-0.39, 0.29) is 6.03 Å². The van der Waals surface area contributed by atoms with Gasteiger partial charge >= 0.3 is 6.03 Å². The zero-order chi connectivity index (χ0) is 16.9. The molecular formula is C18H31N3OS. The molecule has 130 valence electrons. The van der Waals surface area contributed by atoms with Crippen molar-refractivity contribution in [1.29, 1.82) is 0 Å². The number of nitrogens with one attached hydrogen (secondary N) is 2. The number of carbonyl (C=O) groups is 1. The standard InChI is InChI=1S/C18H31N3OS/c1-16(2)21(3)13-8-7-11-19-18(22)20-12-14-23-15-17-9-5-4-6-10-17/h4-6,9-10,16H,7-8,11-15H2,1-3H3,(H2,19,20,22). The number of nitrogens with zero attached hydrogens (tertiary/aromatic N) is 1. The highest BCUT2D eigenvalue weighted by molar-refractivity contribution is 7.98. The lowest BCUT2D eigenvalue weighted by Crippen LogP contribution is -2.37. The summed E-state index contributed by atoms with van der Waals surface area (Å²) >= 11 is 1.84. The van der Waals surface area contributed by atoms with E-state index in [9.17, 15) is 4.79 Å². The van der Waals surface area contributed by atoms with Crippen molar-refractivity contribution in [2.24, 2.45) is 0 Å². The van der Waals surface area contributed by atoms with E-state index in [0.29, 0.717) is 12.6 Å². The quantitative estimate of drug-likeness (QED) is 0.609. The van der Waals surface area contributed by atoms with Gasteiger partial charge in [-0.25, -0.2) is 4.79 Å². The zero-order valence-corrected chi connectivity index (χ0v) is 15.5. The Kier molecular flexibility index (Phi) is 10.6. The molecule has 2 amide bonds. The van der Waals surface area contributed by atoms with E-state index >= 15 is 0 Å². The van der Waals surface area contributed by atoms with E-state index in [1.807, 2.05) is 17.8 Å². The van der Waals surface area contributed by atoms with E-state index in [1.54, 1.807) is 0 Å². The van der Waals surface area contributed by atoms with Crippen molar-refractivity contribution in [3.05, 3.63) is 35.9 Å². The molecule has 1 aromatic rings. The van der Waals surface area contributed by atoms with E-state index < -0.39 is 0 Å². The van der Waals surface area contributed by atoms with Crippen LogP contribution in [-0.4, -0.2) is 49.4 Å². The average Bonchev–Trinajstić information content (AvgIpc) is 2.54. The lowest BCUT2D eigenvalue weighted by molar-refractivity contribution is 0.240. The number of thioether (sulfide) groups is 1. The summed E-state index contributed by atoms with van der Waals surface area (Å²) in [5.74, 6) is 1.93. The molecule has 0 unspecified atom stereocenters. The van der Waals surface area contributed by atoms with E-state index in [2.05, 4.69) is 60.7 Å². The predicted octanol–water partition coefficient (Wildman–Crippen LogP) is 3.34. The molecule has 0 bridgehead atoms. The third-order valence-electron chi connectivity index (χ3n) is 3.75. The predicted molar refractivity (Wildman–Crippen MR) is 101 cm³/mol. The maximum Gasteiger partial charge on any atom is 0.314 e. The number of benzene rings is 1. The summed E-state index contributed by atoms with van der Waals surface area (Å²) in [5.41, 5.74) is 1.33. The van der Waals surface area contributed by atoms with Crippen LogP contribution in [0.25, 0.3) is 0 Å². The monoisotopic (exact) mass is 337 g/mol. The second-order valence-electron chi connectivity index (χ2n) is 6.00. The fourth-order valence-electron chi connectivity index (χ4n) is 2.01. The van der Waals surface area contributed by atoms with Gasteiger partial charge in [-0.15, -0.1) is 0 Å². The zero-order valence-electron chi connectivity index (χ0n) is 14.7. The second kappa shape index (κ2) is 12.3. The van der Waals surface area contributed by atoms with Gasteiger partial charge in [0, 0.05) is 30.6 Å². The Morgan fingerprint density at radius 1 is 1.13 bits per heavy atom. The van der Waals surface area contributed by atoms with Gasteiger partial charge < -0.3 is 15.5 Å². The first-order valence-corrected chi connectivity index (χ1v) is 9.58. The first kappa shape index (κ1) is 19.8. The van der Waals surface area contributed by atoms with Gasteiger partial charge in [0.25, 0.3) is 0 Å². The highest BCUT2D eigenvalue weighted by Crippen LogP contribution is 2.10. The molecule has 0 heterocycles. The summed E-state index contributed by atoms with van der Waals surface area (Å²) < 4.78 is 0. The topological polar surface area (TPSA) is 44.4 Å². The summed E-state index contributed by atoms with van der Waals surface area (Å²) in [4.78, 5) is 14.0. The molecule has 1 rings (SSSR count). The van der Waals surface area contributed by atoms with Crippen LogP contribution in [0.3, 0.4) is 0 Å². The van der Waals surface area contributed by atoms with E-state index in [4.69, 9.17) is 0 Å². The minimum absolute atomic E-state index is 0.0532. The SMILES string of the molecule is CC(C)N(C)CCCCNC(=O)NCCSCc1ccccc1. The second-order valence-corrected chi connectivity index (χ2v) is 7.11. The molecule has 23 heavy (non-hydrogen) atoms. The molecule has 0 spiro atoms. The van der Waals surface area contributed by atoms with Crippen molar-refractivity contribution in [2.75, 3.05) is 32.4 Å². The first-order chi connectivity index (χ1) is 11.1. The summed E-state index contributed by atoms with van der Waals surface area (Å²) in [6.07, 6.45) is 2.13. The van der Waals surface area contributed by atoms with Gasteiger partial charge in [-0.3, -0.25) is 0 Å². The summed E-state index contributed by atoms with van der Waals surface area (Å²) in [6.45, 7) is 6.93. The van der Waals surface area contributed by atoms with Crippen LogP contribution >= 0.6 is 11.8 Å². The minimum atomic E-state index is -0.0532. The summed E-state index contributed by atoms with van der Waals surface area (Å²) in [7, 11) is 2.14. The van der Waals surface area contributed by atoms with E-state index in [0.717, 1.165) is 37.4 Å². The normalized spacial score (nSPS) is 11.0. The molecule has 0 aliphatic rings. The van der Waals surface area contributed by atoms with Crippen LogP contribution in [0.1, 0.15) is 32.3 Å². The fraction of sp³-hybridized carbons (Fsp3) is 0.611. The lowest BCUT2D eigenvalue weighted by Gasteiger charge is -2.20. The minimum Gasteiger partial charge on any atom is -0.338 e. The third kappa shape index (κ3) is 10.2. The average molecular weight is 338 g/mol. The van der Waals surface area contributed by atoms with Crippen molar-refractivity contribution < 1.29 is 4.79 Å². The molecule has 2 N–H and O–H groups in total. The van der Waals surface area contributed by atoms with Gasteiger partial charge in [0.05, 0.1) is 0 Å². The number of unbranched alkanes of at least 4 members (excludes halogenated alkanes) is 1. The van der Waals surface area contributed by atoms with Crippen LogP contribution in [0.2, 0.25) is 0 Å². The molecular weight excluding hydrogens is 306 g/mol. The maximum atomic E-state index is 11.6. The largest absolute Gasteiger partial charge is 0.338 e. The van der Waals surface area contributed by atoms with Gasteiger partial charge in [-0.1, -0.05) is 30.3 Å². The van der Waals surface area contributed by atoms with Gasteiger partial charge in [-0.05, 0) is 45.8 Å². The molecule has 0 aromatic heterocycles. The molecule has 0 aliphatic carbocycles. The lowest BCUT2D eigenvalue weighted by atomic mass is 10.2. The van der Waals surface area contributed by atoms with Crippen LogP contribution in [0.4, 0.5) is 4.79 Å². The number of hydrogen-bond acceptors (Lipinski definition) is 3. The van der Waals surface area contributed by atoms with Gasteiger partial charge in [-0.2, -0.15) is 11.8 Å². The van der Waals surface area contributed by atoms with Crippen molar-refractivity contribution in [2.45, 2.75) is 38.5 Å². The Balaban J connectivity index is 1.92. The third-order valence-corrected chi connectivity index (χ3v) is 4.78. The van der Waals surface area contributed by atoms with Crippen LogP contribution in [-0.2, 0) is 5.75 Å². The van der Waals surface area contributed by atoms with Crippen molar-refractivity contribution in [3.63, 3.8) is 0 Å². The van der Waals surface area contributed by atoms with Crippen LogP contribution < -0.4 is 10.6 Å². The first-order valence-electron chi connectivity index (χ1n) is 8.43. The number of rotatable bonds is 11. The summed E-state index contributed by atoms with van der Waals surface area (Å²) in [6, 6.07) is 10.9. The van der Waals surface area contributed by atoms with E-state index in [1.165, 1.54) is 5.56 Å². The van der Waals surface area contributed by atoms with Crippen molar-refractivity contribution in [3.8, 4) is 0 Å². The Hall–Kier alpha value is -1.20. The van der Waals surface area contributed by atoms with Gasteiger partial charge in [0.15, 0.2) is 0 Å². The smallest absolute Gasteiger partial charge is 0.314 e. The summed E-state index contributed by atoms with van der Waals surface area (Å²) in [5, 5.41) is 5.82. The number of amides is 2.